The first kappa shape index (κ1) is 19.6. The number of amides is 1. The van der Waals surface area contributed by atoms with Crippen molar-refractivity contribution < 1.29 is 32.6 Å². The summed E-state index contributed by atoms with van der Waals surface area (Å²) in [6.45, 7) is 9.39. The van der Waals surface area contributed by atoms with Gasteiger partial charge in [-0.15, -0.1) is 0 Å². The third kappa shape index (κ3) is 5.02. The van der Waals surface area contributed by atoms with Gasteiger partial charge in [0.2, 0.25) is 0 Å². The summed E-state index contributed by atoms with van der Waals surface area (Å²) in [5, 5.41) is 0. The van der Waals surface area contributed by atoms with E-state index in [0.29, 0.717) is 0 Å². The Morgan fingerprint density at radius 1 is 1.30 bits per heavy atom. The number of rotatable bonds is 4. The number of alkyl halides is 2. The van der Waals surface area contributed by atoms with E-state index in [0.717, 1.165) is 4.90 Å². The maximum Gasteiger partial charge on any atom is 0.412 e. The van der Waals surface area contributed by atoms with Crippen molar-refractivity contribution in [3.05, 3.63) is 0 Å². The minimum absolute atomic E-state index is 0.110. The lowest BCUT2D eigenvalue weighted by Gasteiger charge is -2.35. The summed E-state index contributed by atoms with van der Waals surface area (Å²) in [5.41, 5.74) is -1.87. The van der Waals surface area contributed by atoms with Crippen LogP contribution in [0.15, 0.2) is 0 Å². The molecule has 6 nitrogen and oxygen atoms in total. The van der Waals surface area contributed by atoms with E-state index < -0.39 is 41.8 Å². The molecule has 0 unspecified atom stereocenters. The summed E-state index contributed by atoms with van der Waals surface area (Å²) in [5.74, 6) is -5.31. The van der Waals surface area contributed by atoms with Crippen LogP contribution in [0.1, 0.15) is 48.0 Å². The van der Waals surface area contributed by atoms with Gasteiger partial charge >= 0.3 is 18.0 Å². The molecular formula is C15H25F2NO5. The lowest BCUT2D eigenvalue weighted by atomic mass is 10.1. The fourth-order valence-electron chi connectivity index (χ4n) is 2.33. The topological polar surface area (TPSA) is 65.1 Å². The Hall–Kier alpha value is -1.44. The molecule has 8 heteroatoms. The molecule has 0 aliphatic carbocycles. The van der Waals surface area contributed by atoms with Crippen LogP contribution in [0, 0.1) is 0 Å². The van der Waals surface area contributed by atoms with Gasteiger partial charge in [-0.3, -0.25) is 4.90 Å². The van der Waals surface area contributed by atoms with E-state index in [1.54, 1.807) is 34.6 Å². The third-order valence-corrected chi connectivity index (χ3v) is 3.23. The van der Waals surface area contributed by atoms with E-state index >= 15 is 0 Å². The Morgan fingerprint density at radius 2 is 1.87 bits per heavy atom. The van der Waals surface area contributed by atoms with Gasteiger partial charge in [0.25, 0.3) is 0 Å². The van der Waals surface area contributed by atoms with Gasteiger partial charge in [-0.25, -0.2) is 9.59 Å². The van der Waals surface area contributed by atoms with Crippen LogP contribution in [0.3, 0.4) is 0 Å². The van der Waals surface area contributed by atoms with Crippen molar-refractivity contribution in [3.8, 4) is 0 Å². The number of nitrogens with zero attached hydrogens (tertiary/aromatic N) is 1. The van der Waals surface area contributed by atoms with Crippen molar-refractivity contribution in [1.29, 1.82) is 0 Å². The predicted octanol–water partition coefficient (Wildman–Crippen LogP) is 2.95. The van der Waals surface area contributed by atoms with Crippen molar-refractivity contribution in [2.45, 2.75) is 71.3 Å². The first-order valence-electron chi connectivity index (χ1n) is 7.51. The number of carbonyl (C=O) groups is 2. The minimum Gasteiger partial charge on any atom is -0.462 e. The SMILES string of the molecule is CCOC(=O)C(F)(F)C[C@H]1COC(C)(C)N1C(=O)OC(C)(C)C. The average Bonchev–Trinajstić information content (AvgIpc) is 2.61. The molecule has 1 saturated heterocycles. The molecule has 0 radical (unpaired) electrons. The van der Waals surface area contributed by atoms with E-state index in [2.05, 4.69) is 4.74 Å². The Kier molecular flexibility index (Phi) is 5.61. The molecule has 0 bridgehead atoms. The number of hydrogen-bond donors (Lipinski definition) is 0. The van der Waals surface area contributed by atoms with Crippen molar-refractivity contribution in [2.75, 3.05) is 13.2 Å². The van der Waals surface area contributed by atoms with Gasteiger partial charge in [0, 0.05) is 6.42 Å². The summed E-state index contributed by atoms with van der Waals surface area (Å²) < 4.78 is 43.0. The molecule has 1 fully saturated rings. The van der Waals surface area contributed by atoms with Crippen LogP contribution in [-0.2, 0) is 19.0 Å². The van der Waals surface area contributed by atoms with Crippen LogP contribution in [-0.4, -0.2) is 53.5 Å². The number of halogens is 2. The highest BCUT2D eigenvalue weighted by Gasteiger charge is 2.52. The lowest BCUT2D eigenvalue weighted by Crippen LogP contribution is -2.51. The Morgan fingerprint density at radius 3 is 2.35 bits per heavy atom. The van der Waals surface area contributed by atoms with Crippen molar-refractivity contribution in [3.63, 3.8) is 0 Å². The van der Waals surface area contributed by atoms with Gasteiger partial charge in [0.05, 0.1) is 19.3 Å². The van der Waals surface area contributed by atoms with Gasteiger partial charge in [0.1, 0.15) is 11.3 Å². The second-order valence-corrected chi connectivity index (χ2v) is 6.89. The Bertz CT molecular complexity index is 459. The van der Waals surface area contributed by atoms with E-state index in [-0.39, 0.29) is 13.2 Å². The quantitative estimate of drug-likeness (QED) is 0.738. The highest BCUT2D eigenvalue weighted by Crippen LogP contribution is 2.35. The normalized spacial score (nSPS) is 21.2. The van der Waals surface area contributed by atoms with Crippen LogP contribution < -0.4 is 0 Å². The van der Waals surface area contributed by atoms with E-state index in [4.69, 9.17) is 9.47 Å². The lowest BCUT2D eigenvalue weighted by molar-refractivity contribution is -0.174. The number of ether oxygens (including phenoxy) is 3. The molecule has 134 valence electrons. The first-order chi connectivity index (χ1) is 10.3. The van der Waals surface area contributed by atoms with Crippen molar-refractivity contribution >= 4 is 12.1 Å². The van der Waals surface area contributed by atoms with E-state index in [9.17, 15) is 18.4 Å². The van der Waals surface area contributed by atoms with Crippen LogP contribution in [0.5, 0.6) is 0 Å². The maximum atomic E-state index is 14.0. The highest BCUT2D eigenvalue weighted by molar-refractivity contribution is 5.78. The molecule has 0 spiro atoms. The van der Waals surface area contributed by atoms with Gasteiger partial charge in [0.15, 0.2) is 0 Å². The second kappa shape index (κ2) is 6.59. The summed E-state index contributed by atoms with van der Waals surface area (Å²) >= 11 is 0. The molecule has 1 amide bonds. The highest BCUT2D eigenvalue weighted by atomic mass is 19.3. The monoisotopic (exact) mass is 337 g/mol. The van der Waals surface area contributed by atoms with Crippen molar-refractivity contribution in [1.82, 2.24) is 4.90 Å². The van der Waals surface area contributed by atoms with Gasteiger partial charge in [-0.05, 0) is 41.5 Å². The van der Waals surface area contributed by atoms with Gasteiger partial charge in [-0.2, -0.15) is 8.78 Å². The van der Waals surface area contributed by atoms with Crippen LogP contribution in [0.4, 0.5) is 13.6 Å². The molecular weight excluding hydrogens is 312 g/mol. The van der Waals surface area contributed by atoms with Gasteiger partial charge in [-0.1, -0.05) is 0 Å². The van der Waals surface area contributed by atoms with Crippen LogP contribution in [0.25, 0.3) is 0 Å². The molecule has 0 aromatic carbocycles. The molecule has 1 atom stereocenters. The third-order valence-electron chi connectivity index (χ3n) is 3.23. The summed E-state index contributed by atoms with van der Waals surface area (Å²) in [6.07, 6.45) is -1.64. The molecule has 23 heavy (non-hydrogen) atoms. The second-order valence-electron chi connectivity index (χ2n) is 6.89. The van der Waals surface area contributed by atoms with Crippen LogP contribution in [0.2, 0.25) is 0 Å². The maximum absolute atomic E-state index is 14.0. The van der Waals surface area contributed by atoms with E-state index in [1.165, 1.54) is 6.92 Å². The molecule has 0 aromatic heterocycles. The number of hydrogen-bond acceptors (Lipinski definition) is 5. The zero-order valence-corrected chi connectivity index (χ0v) is 14.4. The standard InChI is InChI=1S/C15H25F2NO5/c1-7-21-11(19)15(16,17)8-10-9-22-14(5,6)18(10)12(20)23-13(2,3)4/h10H,7-9H2,1-6H3/t10-/m0/s1. The molecule has 0 N–H and O–H groups in total. The smallest absolute Gasteiger partial charge is 0.412 e. The van der Waals surface area contributed by atoms with Crippen LogP contribution >= 0.6 is 0 Å². The molecule has 0 aromatic rings. The minimum atomic E-state index is -3.70. The largest absolute Gasteiger partial charge is 0.462 e. The summed E-state index contributed by atoms with van der Waals surface area (Å²) in [4.78, 5) is 24.8. The molecule has 0 saturated carbocycles. The Labute approximate surface area is 135 Å². The molecule has 1 aliphatic heterocycles. The molecule has 1 heterocycles. The number of esters is 1. The number of carbonyl (C=O) groups excluding carboxylic acids is 2. The summed E-state index contributed by atoms with van der Waals surface area (Å²) in [6, 6.07) is -0.987. The zero-order valence-electron chi connectivity index (χ0n) is 14.4. The predicted molar refractivity (Wildman–Crippen MR) is 78.1 cm³/mol. The average molecular weight is 337 g/mol. The van der Waals surface area contributed by atoms with Gasteiger partial charge < -0.3 is 14.2 Å². The zero-order chi connectivity index (χ0) is 18.1. The first-order valence-corrected chi connectivity index (χ1v) is 7.51. The fraction of sp³-hybridized carbons (Fsp3) is 0.867. The fourth-order valence-corrected chi connectivity index (χ4v) is 2.33. The Balaban J connectivity index is 2.92. The van der Waals surface area contributed by atoms with Crippen molar-refractivity contribution in [2.24, 2.45) is 0 Å². The van der Waals surface area contributed by atoms with E-state index in [1.807, 2.05) is 0 Å². The molecule has 1 aliphatic rings. The summed E-state index contributed by atoms with van der Waals surface area (Å²) in [7, 11) is 0. The molecule has 1 rings (SSSR count).